The average molecular weight is 318 g/mol. The van der Waals surface area contributed by atoms with Gasteiger partial charge in [-0.15, -0.1) is 0 Å². The Labute approximate surface area is 138 Å². The summed E-state index contributed by atoms with van der Waals surface area (Å²) in [6, 6.07) is 5.85. The topological polar surface area (TPSA) is 51.7 Å². The Balaban J connectivity index is 1.45. The van der Waals surface area contributed by atoms with Gasteiger partial charge in [-0.2, -0.15) is 0 Å². The molecule has 0 bridgehead atoms. The van der Waals surface area contributed by atoms with Crippen molar-refractivity contribution in [3.05, 3.63) is 30.1 Å². The van der Waals surface area contributed by atoms with Crippen LogP contribution in [-0.4, -0.2) is 47.7 Å². The Hall–Kier alpha value is -1.46. The Bertz CT molecular complexity index is 514. The molecule has 23 heavy (non-hydrogen) atoms. The maximum atomic E-state index is 12.1. The normalized spacial score (nSPS) is 22.3. The zero-order valence-corrected chi connectivity index (χ0v) is 13.9. The fraction of sp³-hybridized carbons (Fsp3) is 0.667. The van der Waals surface area contributed by atoms with Crippen LogP contribution in [-0.2, 0) is 20.9 Å². The molecule has 0 unspecified atom stereocenters. The molecule has 0 saturated carbocycles. The van der Waals surface area contributed by atoms with Gasteiger partial charge in [-0.3, -0.25) is 9.78 Å². The number of hydrogen-bond donors (Lipinski definition) is 0. The van der Waals surface area contributed by atoms with Gasteiger partial charge in [-0.05, 0) is 25.0 Å². The zero-order chi connectivity index (χ0) is 16.1. The molecule has 2 aliphatic heterocycles. The lowest BCUT2D eigenvalue weighted by molar-refractivity contribution is -0.169. The molecule has 0 aliphatic carbocycles. The number of pyridine rings is 1. The summed E-state index contributed by atoms with van der Waals surface area (Å²) in [6.07, 6.45) is 5.49. The lowest BCUT2D eigenvalue weighted by Crippen LogP contribution is -2.66. The number of likely N-dealkylation sites (tertiary alicyclic amines) is 1. The molecule has 126 valence electrons. The number of carbonyl (C=O) groups is 1. The van der Waals surface area contributed by atoms with Crippen molar-refractivity contribution in [1.82, 2.24) is 9.88 Å². The molecule has 3 rings (SSSR count). The third-order valence-electron chi connectivity index (χ3n) is 4.91. The zero-order valence-electron chi connectivity index (χ0n) is 13.9. The molecular formula is C18H26N2O3. The molecule has 1 spiro atoms. The molecular weight excluding hydrogens is 292 g/mol. The Kier molecular flexibility index (Phi) is 5.28. The third kappa shape index (κ3) is 3.72. The van der Waals surface area contributed by atoms with E-state index >= 15 is 0 Å². The van der Waals surface area contributed by atoms with Crippen molar-refractivity contribution in [1.29, 1.82) is 0 Å². The summed E-state index contributed by atoms with van der Waals surface area (Å²) >= 11 is 0. The first-order valence-corrected chi connectivity index (χ1v) is 8.63. The lowest BCUT2D eigenvalue weighted by Gasteiger charge is -2.50. The molecule has 1 atom stereocenters. The third-order valence-corrected chi connectivity index (χ3v) is 4.91. The number of aromatic nitrogens is 1. The maximum Gasteiger partial charge on any atom is 0.222 e. The van der Waals surface area contributed by atoms with Crippen LogP contribution in [0.1, 0.15) is 38.3 Å². The van der Waals surface area contributed by atoms with E-state index in [1.165, 1.54) is 0 Å². The van der Waals surface area contributed by atoms with Crippen LogP contribution in [0.25, 0.3) is 0 Å². The van der Waals surface area contributed by atoms with Crippen molar-refractivity contribution < 1.29 is 14.3 Å². The smallest absolute Gasteiger partial charge is 0.222 e. The minimum Gasteiger partial charge on any atom is -0.375 e. The molecule has 2 saturated heterocycles. The maximum absolute atomic E-state index is 12.1. The second-order valence-corrected chi connectivity index (χ2v) is 6.59. The van der Waals surface area contributed by atoms with E-state index in [-0.39, 0.29) is 11.5 Å². The van der Waals surface area contributed by atoms with Gasteiger partial charge in [0, 0.05) is 25.1 Å². The number of unbranched alkanes of at least 4 members (excludes halogenated alkanes) is 1. The summed E-state index contributed by atoms with van der Waals surface area (Å²) < 4.78 is 11.8. The second-order valence-electron chi connectivity index (χ2n) is 6.59. The van der Waals surface area contributed by atoms with Crippen molar-refractivity contribution in [2.75, 3.05) is 26.3 Å². The number of rotatable bonds is 7. The molecule has 5 nitrogen and oxygen atoms in total. The van der Waals surface area contributed by atoms with Crippen LogP contribution >= 0.6 is 0 Å². The van der Waals surface area contributed by atoms with E-state index < -0.39 is 0 Å². The van der Waals surface area contributed by atoms with E-state index in [1.807, 2.05) is 23.1 Å². The summed E-state index contributed by atoms with van der Waals surface area (Å²) in [5.74, 6) is 0.641. The standard InChI is InChI=1S/C18H26N2O3/c1-2-3-7-17(21)20-13-18(14-20)15(8-10-23-18)11-22-12-16-6-4-5-9-19-16/h4-6,9,15H,2-3,7-8,10-14H2,1H3/t15-/m0/s1. The Morgan fingerprint density at radius 1 is 1.48 bits per heavy atom. The highest BCUT2D eigenvalue weighted by Crippen LogP contribution is 2.40. The van der Waals surface area contributed by atoms with Crippen LogP contribution in [0, 0.1) is 5.92 Å². The molecule has 0 N–H and O–H groups in total. The molecule has 0 radical (unpaired) electrons. The van der Waals surface area contributed by atoms with E-state index in [1.54, 1.807) is 6.20 Å². The first-order chi connectivity index (χ1) is 11.2. The molecule has 2 aliphatic rings. The van der Waals surface area contributed by atoms with Crippen LogP contribution < -0.4 is 0 Å². The Morgan fingerprint density at radius 3 is 3.09 bits per heavy atom. The van der Waals surface area contributed by atoms with Crippen molar-refractivity contribution in [2.24, 2.45) is 5.92 Å². The van der Waals surface area contributed by atoms with Gasteiger partial charge in [0.15, 0.2) is 0 Å². The van der Waals surface area contributed by atoms with Crippen LogP contribution in [0.2, 0.25) is 0 Å². The molecule has 0 aromatic carbocycles. The van der Waals surface area contributed by atoms with E-state index in [4.69, 9.17) is 9.47 Å². The highest BCUT2D eigenvalue weighted by molar-refractivity contribution is 5.77. The van der Waals surface area contributed by atoms with Crippen molar-refractivity contribution in [3.63, 3.8) is 0 Å². The van der Waals surface area contributed by atoms with E-state index in [9.17, 15) is 4.79 Å². The van der Waals surface area contributed by atoms with Gasteiger partial charge in [0.2, 0.25) is 5.91 Å². The fourth-order valence-corrected chi connectivity index (χ4v) is 3.42. The molecule has 1 amide bonds. The van der Waals surface area contributed by atoms with Crippen LogP contribution in [0.4, 0.5) is 0 Å². The number of amides is 1. The second kappa shape index (κ2) is 7.41. The van der Waals surface area contributed by atoms with Gasteiger partial charge >= 0.3 is 0 Å². The van der Waals surface area contributed by atoms with Gasteiger partial charge in [0.05, 0.1) is 32.0 Å². The van der Waals surface area contributed by atoms with Crippen LogP contribution in [0.5, 0.6) is 0 Å². The summed E-state index contributed by atoms with van der Waals surface area (Å²) in [4.78, 5) is 18.3. The summed E-state index contributed by atoms with van der Waals surface area (Å²) in [7, 11) is 0. The van der Waals surface area contributed by atoms with Gasteiger partial charge in [0.25, 0.3) is 0 Å². The number of ether oxygens (including phenoxy) is 2. The van der Waals surface area contributed by atoms with Crippen LogP contribution in [0.3, 0.4) is 0 Å². The highest BCUT2D eigenvalue weighted by Gasteiger charge is 2.54. The summed E-state index contributed by atoms with van der Waals surface area (Å²) in [6.45, 7) is 5.55. The molecule has 3 heterocycles. The number of hydrogen-bond acceptors (Lipinski definition) is 4. The van der Waals surface area contributed by atoms with E-state index in [0.29, 0.717) is 25.6 Å². The fourth-order valence-electron chi connectivity index (χ4n) is 3.42. The predicted octanol–water partition coefficient (Wildman–Crippen LogP) is 2.41. The van der Waals surface area contributed by atoms with Gasteiger partial charge in [0.1, 0.15) is 5.60 Å². The quantitative estimate of drug-likeness (QED) is 0.775. The van der Waals surface area contributed by atoms with Gasteiger partial charge < -0.3 is 14.4 Å². The summed E-state index contributed by atoms with van der Waals surface area (Å²) in [5, 5.41) is 0. The predicted molar refractivity (Wildman–Crippen MR) is 86.8 cm³/mol. The summed E-state index contributed by atoms with van der Waals surface area (Å²) in [5.41, 5.74) is 0.789. The van der Waals surface area contributed by atoms with E-state index in [0.717, 1.165) is 44.7 Å². The molecule has 5 heteroatoms. The van der Waals surface area contributed by atoms with Crippen molar-refractivity contribution >= 4 is 5.91 Å². The van der Waals surface area contributed by atoms with Crippen molar-refractivity contribution in [2.45, 2.75) is 44.8 Å². The van der Waals surface area contributed by atoms with Crippen molar-refractivity contribution in [3.8, 4) is 0 Å². The minimum absolute atomic E-state index is 0.161. The first-order valence-electron chi connectivity index (χ1n) is 8.63. The lowest BCUT2D eigenvalue weighted by atomic mass is 9.81. The first kappa shape index (κ1) is 16.4. The van der Waals surface area contributed by atoms with E-state index in [2.05, 4.69) is 11.9 Å². The molecule has 1 aromatic heterocycles. The van der Waals surface area contributed by atoms with Gasteiger partial charge in [-0.1, -0.05) is 19.4 Å². The van der Waals surface area contributed by atoms with Gasteiger partial charge in [-0.25, -0.2) is 0 Å². The average Bonchev–Trinajstić information content (AvgIpc) is 2.96. The largest absolute Gasteiger partial charge is 0.375 e. The monoisotopic (exact) mass is 318 g/mol. The minimum atomic E-state index is -0.161. The number of carbonyl (C=O) groups excluding carboxylic acids is 1. The molecule has 1 aromatic rings. The number of nitrogens with zero attached hydrogens (tertiary/aromatic N) is 2. The highest BCUT2D eigenvalue weighted by atomic mass is 16.5. The SMILES string of the molecule is CCCCC(=O)N1CC2(C1)OCC[C@H]2COCc1ccccn1. The Morgan fingerprint density at radius 2 is 2.35 bits per heavy atom. The van der Waals surface area contributed by atoms with Crippen LogP contribution in [0.15, 0.2) is 24.4 Å². The molecule has 2 fully saturated rings.